The lowest BCUT2D eigenvalue weighted by molar-refractivity contribution is -0.147. The van der Waals surface area contributed by atoms with Gasteiger partial charge in [0.2, 0.25) is 0 Å². The highest BCUT2D eigenvalue weighted by molar-refractivity contribution is 7.99. The summed E-state index contributed by atoms with van der Waals surface area (Å²) in [6.45, 7) is 6.55. The smallest absolute Gasteiger partial charge is 0.310 e. The van der Waals surface area contributed by atoms with Crippen molar-refractivity contribution in [3.63, 3.8) is 0 Å². The lowest BCUT2D eigenvalue weighted by atomic mass is 9.53. The standard InChI is InChI=1S/C19H29NO3S/c1-18-3-2-4-19(12-22-19)16(18)9-13-14(17(21)23-15(13)10-18)11-20-5-7-24-8-6-20/h13-16H,2-12H2,1H3/t13-,14-,15-,16?,18-,19+/m1/s1. The van der Waals surface area contributed by atoms with Crippen LogP contribution in [0.1, 0.15) is 39.0 Å². The van der Waals surface area contributed by atoms with Crippen LogP contribution in [0.3, 0.4) is 0 Å². The molecular weight excluding hydrogens is 322 g/mol. The van der Waals surface area contributed by atoms with E-state index in [9.17, 15) is 4.79 Å². The first-order valence-electron chi connectivity index (χ1n) is 9.74. The topological polar surface area (TPSA) is 42.1 Å². The molecule has 3 aliphatic heterocycles. The number of fused-ring (bicyclic) bond motifs is 3. The molecule has 1 unspecified atom stereocenters. The molecule has 0 aromatic rings. The highest BCUT2D eigenvalue weighted by Crippen LogP contribution is 2.62. The van der Waals surface area contributed by atoms with Gasteiger partial charge in [0.25, 0.3) is 0 Å². The monoisotopic (exact) mass is 351 g/mol. The van der Waals surface area contributed by atoms with Crippen LogP contribution in [0.15, 0.2) is 0 Å². The maximum absolute atomic E-state index is 12.6. The average Bonchev–Trinajstić information content (AvgIpc) is 3.27. The number of hydrogen-bond acceptors (Lipinski definition) is 5. The van der Waals surface area contributed by atoms with E-state index in [2.05, 4.69) is 11.8 Å². The van der Waals surface area contributed by atoms with Crippen molar-refractivity contribution in [3.8, 4) is 0 Å². The van der Waals surface area contributed by atoms with E-state index < -0.39 is 0 Å². The minimum atomic E-state index is 0.0799. The Labute approximate surface area is 149 Å². The fourth-order valence-corrected chi connectivity index (χ4v) is 7.21. The Morgan fingerprint density at radius 2 is 2.08 bits per heavy atom. The van der Waals surface area contributed by atoms with Gasteiger partial charge in [-0.1, -0.05) is 6.92 Å². The Bertz CT molecular complexity index is 531. The van der Waals surface area contributed by atoms with Gasteiger partial charge >= 0.3 is 5.97 Å². The van der Waals surface area contributed by atoms with Crippen LogP contribution in [0.4, 0.5) is 0 Å². The summed E-state index contributed by atoms with van der Waals surface area (Å²) in [5, 5.41) is 0. The van der Waals surface area contributed by atoms with Gasteiger partial charge in [0.05, 0.1) is 18.1 Å². The second-order valence-electron chi connectivity index (χ2n) is 9.01. The average molecular weight is 352 g/mol. The number of hydrogen-bond donors (Lipinski definition) is 0. The second-order valence-corrected chi connectivity index (χ2v) is 10.2. The van der Waals surface area contributed by atoms with E-state index in [4.69, 9.17) is 9.47 Å². The minimum absolute atomic E-state index is 0.0799. The number of epoxide rings is 1. The lowest BCUT2D eigenvalue weighted by Crippen LogP contribution is -2.51. The fourth-order valence-electron chi connectivity index (χ4n) is 6.23. The molecule has 3 saturated heterocycles. The van der Waals surface area contributed by atoms with E-state index in [1.54, 1.807) is 0 Å². The number of thioether (sulfide) groups is 1. The van der Waals surface area contributed by atoms with Crippen molar-refractivity contribution in [1.29, 1.82) is 0 Å². The van der Waals surface area contributed by atoms with Crippen molar-refractivity contribution in [1.82, 2.24) is 4.90 Å². The highest BCUT2D eigenvalue weighted by Gasteiger charge is 2.65. The third-order valence-corrected chi connectivity index (χ3v) is 8.58. The second kappa shape index (κ2) is 5.62. The van der Waals surface area contributed by atoms with E-state index in [1.165, 1.54) is 30.8 Å². The van der Waals surface area contributed by atoms with Crippen LogP contribution in [-0.2, 0) is 14.3 Å². The maximum Gasteiger partial charge on any atom is 0.310 e. The Balaban J connectivity index is 1.36. The summed E-state index contributed by atoms with van der Waals surface area (Å²) in [5.74, 6) is 3.64. The summed E-state index contributed by atoms with van der Waals surface area (Å²) in [4.78, 5) is 15.1. The first kappa shape index (κ1) is 16.0. The SMILES string of the molecule is C[C@]12CCC[C@]3(CO3)C1C[C@H]1[C@@H](C2)OC(=O)[C@@H]1CN1CCSCC1. The molecule has 5 fully saturated rings. The van der Waals surface area contributed by atoms with Crippen molar-refractivity contribution in [2.24, 2.45) is 23.2 Å². The first-order valence-corrected chi connectivity index (χ1v) is 10.9. The molecule has 5 rings (SSSR count). The molecule has 3 heterocycles. The van der Waals surface area contributed by atoms with E-state index in [1.807, 2.05) is 11.8 Å². The Morgan fingerprint density at radius 1 is 1.29 bits per heavy atom. The molecule has 0 aromatic carbocycles. The van der Waals surface area contributed by atoms with Crippen molar-refractivity contribution in [3.05, 3.63) is 0 Å². The summed E-state index contributed by atoms with van der Waals surface area (Å²) < 4.78 is 11.9. The van der Waals surface area contributed by atoms with Gasteiger partial charge in [-0.05, 0) is 43.4 Å². The zero-order valence-electron chi connectivity index (χ0n) is 14.7. The van der Waals surface area contributed by atoms with Crippen molar-refractivity contribution in [2.75, 3.05) is 37.7 Å². The van der Waals surface area contributed by atoms with Crippen LogP contribution in [0.2, 0.25) is 0 Å². The molecule has 2 aliphatic carbocycles. The summed E-state index contributed by atoms with van der Waals surface area (Å²) >= 11 is 2.03. The number of esters is 1. The molecule has 0 amide bonds. The highest BCUT2D eigenvalue weighted by atomic mass is 32.2. The van der Waals surface area contributed by atoms with Crippen molar-refractivity contribution in [2.45, 2.75) is 50.7 Å². The zero-order valence-corrected chi connectivity index (χ0v) is 15.5. The van der Waals surface area contributed by atoms with Crippen molar-refractivity contribution < 1.29 is 14.3 Å². The first-order chi connectivity index (χ1) is 11.6. The normalized spacial score (nSPS) is 51.1. The van der Waals surface area contributed by atoms with E-state index in [0.29, 0.717) is 17.3 Å². The van der Waals surface area contributed by atoms with Crippen molar-refractivity contribution >= 4 is 17.7 Å². The van der Waals surface area contributed by atoms with Gasteiger partial charge in [-0.15, -0.1) is 0 Å². The van der Waals surface area contributed by atoms with Gasteiger partial charge in [-0.3, -0.25) is 4.79 Å². The summed E-state index contributed by atoms with van der Waals surface area (Å²) in [5.41, 5.74) is 0.475. The molecule has 1 spiro atoms. The predicted molar refractivity (Wildman–Crippen MR) is 94.0 cm³/mol. The lowest BCUT2D eigenvalue weighted by Gasteiger charge is -2.51. The van der Waals surface area contributed by atoms with E-state index >= 15 is 0 Å². The Hall–Kier alpha value is -0.260. The van der Waals surface area contributed by atoms with Gasteiger partial charge in [0, 0.05) is 37.1 Å². The van der Waals surface area contributed by atoms with Crippen LogP contribution in [0.5, 0.6) is 0 Å². The van der Waals surface area contributed by atoms with Gasteiger partial charge in [-0.2, -0.15) is 11.8 Å². The number of carbonyl (C=O) groups is 1. The molecule has 0 N–H and O–H groups in total. The Morgan fingerprint density at radius 3 is 2.83 bits per heavy atom. The fraction of sp³-hybridized carbons (Fsp3) is 0.947. The minimum Gasteiger partial charge on any atom is -0.462 e. The molecular formula is C19H29NO3S. The van der Waals surface area contributed by atoms with E-state index in [-0.39, 0.29) is 23.6 Å². The largest absolute Gasteiger partial charge is 0.462 e. The maximum atomic E-state index is 12.6. The molecule has 0 radical (unpaired) electrons. The summed E-state index contributed by atoms with van der Waals surface area (Å²) in [6.07, 6.45) is 6.14. The molecule has 5 aliphatic rings. The number of ether oxygens (including phenoxy) is 2. The molecule has 0 bridgehead atoms. The van der Waals surface area contributed by atoms with Crippen LogP contribution < -0.4 is 0 Å². The number of carbonyl (C=O) groups excluding carboxylic acids is 1. The number of rotatable bonds is 2. The van der Waals surface area contributed by atoms with Crippen LogP contribution in [0.25, 0.3) is 0 Å². The van der Waals surface area contributed by atoms with Gasteiger partial charge < -0.3 is 14.4 Å². The zero-order chi connectivity index (χ0) is 16.4. The third kappa shape index (κ3) is 2.45. The molecule has 6 atom stereocenters. The van der Waals surface area contributed by atoms with Crippen LogP contribution >= 0.6 is 11.8 Å². The Kier molecular flexibility index (Phi) is 3.73. The molecule has 5 heteroatoms. The van der Waals surface area contributed by atoms with Crippen LogP contribution in [0, 0.1) is 23.2 Å². The van der Waals surface area contributed by atoms with Gasteiger partial charge in [0.15, 0.2) is 0 Å². The molecule has 2 saturated carbocycles. The molecule has 0 aromatic heterocycles. The quantitative estimate of drug-likeness (QED) is 0.565. The summed E-state index contributed by atoms with van der Waals surface area (Å²) in [7, 11) is 0. The third-order valence-electron chi connectivity index (χ3n) is 7.64. The summed E-state index contributed by atoms with van der Waals surface area (Å²) in [6, 6.07) is 0. The van der Waals surface area contributed by atoms with Gasteiger partial charge in [-0.25, -0.2) is 0 Å². The number of nitrogens with zero attached hydrogens (tertiary/aromatic N) is 1. The van der Waals surface area contributed by atoms with E-state index in [0.717, 1.165) is 39.1 Å². The van der Waals surface area contributed by atoms with Gasteiger partial charge in [0.1, 0.15) is 6.10 Å². The molecule has 24 heavy (non-hydrogen) atoms. The molecule has 4 nitrogen and oxygen atoms in total. The molecule has 134 valence electrons. The van der Waals surface area contributed by atoms with Crippen LogP contribution in [-0.4, -0.2) is 60.3 Å². The predicted octanol–water partition coefficient (Wildman–Crippen LogP) is 2.56.